The van der Waals surface area contributed by atoms with Gasteiger partial charge < -0.3 is 5.32 Å². The van der Waals surface area contributed by atoms with Crippen molar-refractivity contribution in [1.29, 1.82) is 0 Å². The quantitative estimate of drug-likeness (QED) is 0.737. The van der Waals surface area contributed by atoms with Crippen LogP contribution in [0.3, 0.4) is 0 Å². The smallest absolute Gasteiger partial charge is 0.326 e. The molecule has 6 heteroatoms. The standard InChI is InChI=1S/C19H15F3N2O/c20-19(21,22)16-3-1-2-13(10-16)4-7-18(25)24-17-6-5-15-12-23-9-8-14(15)11-17/h1-3,5-6,8-12H,4,7H2,(H,24,25). The van der Waals surface area contributed by atoms with Gasteiger partial charge in [0.15, 0.2) is 0 Å². The number of nitrogens with zero attached hydrogens (tertiary/aromatic N) is 1. The molecule has 0 aliphatic rings. The first-order valence-electron chi connectivity index (χ1n) is 7.71. The molecule has 0 radical (unpaired) electrons. The van der Waals surface area contributed by atoms with Crippen LogP contribution in [0.25, 0.3) is 10.8 Å². The zero-order chi connectivity index (χ0) is 17.9. The molecule has 0 spiro atoms. The summed E-state index contributed by atoms with van der Waals surface area (Å²) in [6.45, 7) is 0. The Kier molecular flexibility index (Phi) is 4.70. The van der Waals surface area contributed by atoms with Crippen molar-refractivity contribution in [1.82, 2.24) is 4.98 Å². The molecule has 0 aliphatic carbocycles. The number of halogens is 3. The van der Waals surface area contributed by atoms with E-state index in [1.807, 2.05) is 18.2 Å². The second kappa shape index (κ2) is 6.93. The van der Waals surface area contributed by atoms with Gasteiger partial charge in [-0.2, -0.15) is 13.2 Å². The van der Waals surface area contributed by atoms with E-state index < -0.39 is 11.7 Å². The molecule has 1 amide bonds. The number of alkyl halides is 3. The Balaban J connectivity index is 1.62. The van der Waals surface area contributed by atoms with E-state index in [0.29, 0.717) is 11.3 Å². The van der Waals surface area contributed by atoms with Crippen molar-refractivity contribution in [3.8, 4) is 0 Å². The largest absolute Gasteiger partial charge is 0.416 e. The number of benzene rings is 2. The van der Waals surface area contributed by atoms with E-state index in [9.17, 15) is 18.0 Å². The van der Waals surface area contributed by atoms with E-state index >= 15 is 0 Å². The van der Waals surface area contributed by atoms with Gasteiger partial charge in [-0.25, -0.2) is 0 Å². The van der Waals surface area contributed by atoms with Gasteiger partial charge in [0.25, 0.3) is 0 Å². The molecule has 2 aromatic carbocycles. The van der Waals surface area contributed by atoms with E-state index in [0.717, 1.165) is 22.9 Å². The first-order chi connectivity index (χ1) is 11.9. The monoisotopic (exact) mass is 344 g/mol. The molecule has 0 saturated heterocycles. The van der Waals surface area contributed by atoms with Crippen LogP contribution in [-0.4, -0.2) is 10.9 Å². The number of hydrogen-bond acceptors (Lipinski definition) is 2. The molecule has 1 heterocycles. The van der Waals surface area contributed by atoms with Gasteiger partial charge in [-0.1, -0.05) is 24.3 Å². The fourth-order valence-corrected chi connectivity index (χ4v) is 2.55. The summed E-state index contributed by atoms with van der Waals surface area (Å²) in [6, 6.07) is 12.3. The molecule has 128 valence electrons. The average molecular weight is 344 g/mol. The molecule has 0 saturated carbocycles. The van der Waals surface area contributed by atoms with Crippen LogP contribution in [0.1, 0.15) is 17.5 Å². The molecule has 0 bridgehead atoms. The molecule has 1 aromatic heterocycles. The fraction of sp³-hybridized carbons (Fsp3) is 0.158. The molecule has 3 aromatic rings. The van der Waals surface area contributed by atoms with Crippen LogP contribution >= 0.6 is 0 Å². The van der Waals surface area contributed by atoms with Crippen molar-refractivity contribution in [3.05, 3.63) is 72.1 Å². The number of carbonyl (C=O) groups is 1. The lowest BCUT2D eigenvalue weighted by Crippen LogP contribution is -2.12. The third-order valence-electron chi connectivity index (χ3n) is 3.82. The Morgan fingerprint density at radius 1 is 1.04 bits per heavy atom. The summed E-state index contributed by atoms with van der Waals surface area (Å²) in [7, 11) is 0. The molecule has 3 rings (SSSR count). The van der Waals surface area contributed by atoms with Crippen LogP contribution in [0.4, 0.5) is 18.9 Å². The van der Waals surface area contributed by atoms with Gasteiger partial charge in [0.05, 0.1) is 5.56 Å². The summed E-state index contributed by atoms with van der Waals surface area (Å²) < 4.78 is 38.1. The highest BCUT2D eigenvalue weighted by Crippen LogP contribution is 2.29. The van der Waals surface area contributed by atoms with E-state index in [4.69, 9.17) is 0 Å². The van der Waals surface area contributed by atoms with Crippen LogP contribution < -0.4 is 5.32 Å². The molecular formula is C19H15F3N2O. The predicted octanol–water partition coefficient (Wildman–Crippen LogP) is 4.82. The zero-order valence-corrected chi connectivity index (χ0v) is 13.2. The zero-order valence-electron chi connectivity index (χ0n) is 13.2. The fourth-order valence-electron chi connectivity index (χ4n) is 2.55. The molecule has 0 aliphatic heterocycles. The Bertz CT molecular complexity index is 906. The van der Waals surface area contributed by atoms with Crippen LogP contribution in [0.5, 0.6) is 0 Å². The van der Waals surface area contributed by atoms with Crippen molar-refractivity contribution in [2.45, 2.75) is 19.0 Å². The first-order valence-corrected chi connectivity index (χ1v) is 7.71. The molecule has 0 unspecified atom stereocenters. The molecule has 3 nitrogen and oxygen atoms in total. The topological polar surface area (TPSA) is 42.0 Å². The van der Waals surface area contributed by atoms with Gasteiger partial charge in [0.1, 0.15) is 0 Å². The lowest BCUT2D eigenvalue weighted by Gasteiger charge is -2.09. The van der Waals surface area contributed by atoms with E-state index in [2.05, 4.69) is 10.3 Å². The van der Waals surface area contributed by atoms with E-state index in [1.54, 1.807) is 24.5 Å². The van der Waals surface area contributed by atoms with Crippen molar-refractivity contribution in [3.63, 3.8) is 0 Å². The van der Waals surface area contributed by atoms with Gasteiger partial charge in [-0.3, -0.25) is 9.78 Å². The number of fused-ring (bicyclic) bond motifs is 1. The van der Waals surface area contributed by atoms with Gasteiger partial charge in [-0.05, 0) is 41.6 Å². The predicted molar refractivity (Wildman–Crippen MR) is 90.1 cm³/mol. The van der Waals surface area contributed by atoms with Gasteiger partial charge in [-0.15, -0.1) is 0 Å². The third kappa shape index (κ3) is 4.35. The average Bonchev–Trinajstić information content (AvgIpc) is 2.59. The highest BCUT2D eigenvalue weighted by Gasteiger charge is 2.30. The summed E-state index contributed by atoms with van der Waals surface area (Å²) in [5, 5.41) is 4.68. The van der Waals surface area contributed by atoms with E-state index in [1.165, 1.54) is 6.07 Å². The SMILES string of the molecule is O=C(CCc1cccc(C(F)(F)F)c1)Nc1ccc2cnccc2c1. The minimum Gasteiger partial charge on any atom is -0.326 e. The van der Waals surface area contributed by atoms with Gasteiger partial charge >= 0.3 is 6.18 Å². The maximum atomic E-state index is 12.7. The highest BCUT2D eigenvalue weighted by molar-refractivity contribution is 5.94. The van der Waals surface area contributed by atoms with Gasteiger partial charge in [0, 0.05) is 29.9 Å². The van der Waals surface area contributed by atoms with Crippen molar-refractivity contribution >= 4 is 22.4 Å². The Morgan fingerprint density at radius 2 is 1.88 bits per heavy atom. The van der Waals surface area contributed by atoms with Crippen molar-refractivity contribution in [2.75, 3.05) is 5.32 Å². The summed E-state index contributed by atoms with van der Waals surface area (Å²) in [6.07, 6.45) is -0.628. The van der Waals surface area contributed by atoms with Crippen LogP contribution in [0, 0.1) is 0 Å². The number of carbonyl (C=O) groups excluding carboxylic acids is 1. The summed E-state index contributed by atoms with van der Waals surface area (Å²) in [5.74, 6) is -0.245. The maximum Gasteiger partial charge on any atom is 0.416 e. The molecule has 25 heavy (non-hydrogen) atoms. The molecule has 1 N–H and O–H groups in total. The Labute approximate surface area is 142 Å². The second-order valence-corrected chi connectivity index (χ2v) is 5.68. The van der Waals surface area contributed by atoms with Crippen molar-refractivity contribution in [2.24, 2.45) is 0 Å². The highest BCUT2D eigenvalue weighted by atomic mass is 19.4. The number of aryl methyl sites for hydroxylation is 1. The number of hydrogen-bond donors (Lipinski definition) is 1. The molecular weight excluding hydrogens is 329 g/mol. The number of rotatable bonds is 4. The molecule has 0 atom stereocenters. The summed E-state index contributed by atoms with van der Waals surface area (Å²) in [4.78, 5) is 16.1. The second-order valence-electron chi connectivity index (χ2n) is 5.68. The first kappa shape index (κ1) is 17.0. The van der Waals surface area contributed by atoms with Crippen LogP contribution in [-0.2, 0) is 17.4 Å². The van der Waals surface area contributed by atoms with Gasteiger partial charge in [0.2, 0.25) is 5.91 Å². The van der Waals surface area contributed by atoms with E-state index in [-0.39, 0.29) is 18.7 Å². The Hall–Kier alpha value is -2.89. The van der Waals surface area contributed by atoms with Crippen LogP contribution in [0.2, 0.25) is 0 Å². The number of anilines is 1. The lowest BCUT2D eigenvalue weighted by molar-refractivity contribution is -0.137. The molecule has 0 fully saturated rings. The van der Waals surface area contributed by atoms with Crippen LogP contribution in [0.15, 0.2) is 60.9 Å². The maximum absolute atomic E-state index is 12.7. The summed E-state index contributed by atoms with van der Waals surface area (Å²) in [5.41, 5.74) is 0.427. The summed E-state index contributed by atoms with van der Waals surface area (Å²) >= 11 is 0. The Morgan fingerprint density at radius 3 is 2.68 bits per heavy atom. The third-order valence-corrected chi connectivity index (χ3v) is 3.82. The normalized spacial score (nSPS) is 11.5. The minimum atomic E-state index is -4.38. The number of amides is 1. The number of nitrogens with one attached hydrogen (secondary N) is 1. The minimum absolute atomic E-state index is 0.107. The number of pyridine rings is 1. The van der Waals surface area contributed by atoms with Crippen molar-refractivity contribution < 1.29 is 18.0 Å². The number of aromatic nitrogens is 1. The lowest BCUT2D eigenvalue weighted by atomic mass is 10.1.